The summed E-state index contributed by atoms with van der Waals surface area (Å²) < 4.78 is 0. The third-order valence-electron chi connectivity index (χ3n) is 2.90. The summed E-state index contributed by atoms with van der Waals surface area (Å²) in [7, 11) is 0. The fourth-order valence-electron chi connectivity index (χ4n) is 1.45. The van der Waals surface area contributed by atoms with Crippen LogP contribution >= 0.6 is 0 Å². The first-order valence-electron chi connectivity index (χ1n) is 5.53. The van der Waals surface area contributed by atoms with E-state index in [1.807, 2.05) is 19.9 Å². The van der Waals surface area contributed by atoms with E-state index in [1.165, 1.54) is 0 Å². The number of hydrogen-bond donors (Lipinski definition) is 2. The highest BCUT2D eigenvalue weighted by Crippen LogP contribution is 2.14. The van der Waals surface area contributed by atoms with Gasteiger partial charge in [-0.05, 0) is 18.1 Å². The maximum Gasteiger partial charge on any atom is 0.172 e. The van der Waals surface area contributed by atoms with E-state index in [1.54, 1.807) is 18.3 Å². The summed E-state index contributed by atoms with van der Waals surface area (Å²) in [5, 5.41) is 0. The fraction of sp³-hybridized carbons (Fsp3) is 0.500. The molecule has 88 valence electrons. The van der Waals surface area contributed by atoms with Crippen LogP contribution in [0.25, 0.3) is 0 Å². The molecule has 0 bridgehead atoms. The highest BCUT2D eigenvalue weighted by molar-refractivity contribution is 5.89. The van der Waals surface area contributed by atoms with Gasteiger partial charge in [-0.15, -0.1) is 0 Å². The van der Waals surface area contributed by atoms with Crippen LogP contribution in [0.1, 0.15) is 32.0 Å². The zero-order valence-corrected chi connectivity index (χ0v) is 9.76. The number of nitrogens with zero attached hydrogens (tertiary/aromatic N) is 1. The van der Waals surface area contributed by atoms with Crippen LogP contribution in [-0.4, -0.2) is 16.8 Å². The molecule has 1 aromatic rings. The van der Waals surface area contributed by atoms with Crippen molar-refractivity contribution in [3.63, 3.8) is 0 Å². The molecule has 4 heteroatoms. The topological polar surface area (TPSA) is 82.0 Å². The van der Waals surface area contributed by atoms with Gasteiger partial charge in [0.05, 0.1) is 11.7 Å². The number of Topliss-reactive ketones (excluding diaryl/α,β-unsaturated/α-hetero) is 1. The number of rotatable bonds is 5. The lowest BCUT2D eigenvalue weighted by Crippen LogP contribution is -2.42. The molecule has 4 nitrogen and oxygen atoms in total. The van der Waals surface area contributed by atoms with Crippen LogP contribution in [0.2, 0.25) is 0 Å². The molecule has 1 aromatic heterocycles. The number of hydrogen-bond acceptors (Lipinski definition) is 4. The second kappa shape index (κ2) is 5.72. The minimum absolute atomic E-state index is 0.141. The molecule has 0 saturated carbocycles. The monoisotopic (exact) mass is 221 g/mol. The lowest BCUT2D eigenvalue weighted by atomic mass is 9.92. The molecule has 1 rings (SSSR count). The van der Waals surface area contributed by atoms with Crippen molar-refractivity contribution in [3.05, 3.63) is 30.1 Å². The smallest absolute Gasteiger partial charge is 0.172 e. The number of nitrogens with two attached hydrogens (primary N) is 2. The molecule has 0 aromatic carbocycles. The Hall–Kier alpha value is -1.26. The minimum Gasteiger partial charge on any atom is -0.321 e. The van der Waals surface area contributed by atoms with Gasteiger partial charge in [-0.2, -0.15) is 0 Å². The van der Waals surface area contributed by atoms with Crippen LogP contribution in [0.15, 0.2) is 24.4 Å². The van der Waals surface area contributed by atoms with E-state index in [9.17, 15) is 4.79 Å². The first kappa shape index (κ1) is 12.8. The minimum atomic E-state index is -0.717. The Bertz CT molecular complexity index is 339. The van der Waals surface area contributed by atoms with Gasteiger partial charge in [0.25, 0.3) is 0 Å². The van der Waals surface area contributed by atoms with Crippen molar-refractivity contribution in [2.45, 2.75) is 32.4 Å². The van der Waals surface area contributed by atoms with E-state index in [4.69, 9.17) is 11.5 Å². The summed E-state index contributed by atoms with van der Waals surface area (Å²) in [6.45, 7) is 3.96. The molecule has 2 unspecified atom stereocenters. The molecular weight excluding hydrogens is 202 g/mol. The lowest BCUT2D eigenvalue weighted by Gasteiger charge is -2.20. The highest BCUT2D eigenvalue weighted by atomic mass is 16.1. The Morgan fingerprint density at radius 2 is 2.12 bits per heavy atom. The first-order chi connectivity index (χ1) is 7.57. The molecule has 0 aliphatic heterocycles. The number of carbonyl (C=O) groups is 1. The predicted molar refractivity (Wildman–Crippen MR) is 63.6 cm³/mol. The molecule has 0 amide bonds. The van der Waals surface area contributed by atoms with Crippen LogP contribution in [0.3, 0.4) is 0 Å². The summed E-state index contributed by atoms with van der Waals surface area (Å²) in [4.78, 5) is 16.0. The fourth-order valence-corrected chi connectivity index (χ4v) is 1.45. The van der Waals surface area contributed by atoms with Crippen molar-refractivity contribution in [3.8, 4) is 0 Å². The average Bonchev–Trinajstić information content (AvgIpc) is 2.36. The molecule has 16 heavy (non-hydrogen) atoms. The van der Waals surface area contributed by atoms with Crippen molar-refractivity contribution < 1.29 is 4.79 Å². The highest BCUT2D eigenvalue weighted by Gasteiger charge is 2.26. The van der Waals surface area contributed by atoms with Gasteiger partial charge in [0.1, 0.15) is 6.04 Å². The predicted octanol–water partition coefficient (Wildman–Crippen LogP) is 1.02. The zero-order valence-electron chi connectivity index (χ0n) is 9.76. The van der Waals surface area contributed by atoms with Crippen LogP contribution < -0.4 is 11.5 Å². The number of pyridine rings is 1. The molecule has 0 spiro atoms. The molecule has 0 radical (unpaired) electrons. The third-order valence-corrected chi connectivity index (χ3v) is 2.90. The van der Waals surface area contributed by atoms with Crippen LogP contribution in [-0.2, 0) is 4.79 Å². The largest absolute Gasteiger partial charge is 0.321 e. The summed E-state index contributed by atoms with van der Waals surface area (Å²) in [6.07, 6.45) is 2.49. The Morgan fingerprint density at radius 1 is 1.44 bits per heavy atom. The number of aromatic nitrogens is 1. The van der Waals surface area contributed by atoms with Crippen LogP contribution in [0, 0.1) is 5.92 Å². The van der Waals surface area contributed by atoms with E-state index in [-0.39, 0.29) is 11.7 Å². The Kier molecular flexibility index (Phi) is 4.58. The zero-order chi connectivity index (χ0) is 12.1. The Balaban J connectivity index is 2.75. The SMILES string of the molecule is CCC(C)[C@H](N)C(=O)C(N)c1ccccn1. The van der Waals surface area contributed by atoms with E-state index in [0.29, 0.717) is 5.69 Å². The van der Waals surface area contributed by atoms with Crippen molar-refractivity contribution >= 4 is 5.78 Å². The number of ketones is 1. The Morgan fingerprint density at radius 3 is 2.62 bits per heavy atom. The first-order valence-corrected chi connectivity index (χ1v) is 5.53. The van der Waals surface area contributed by atoms with Gasteiger partial charge in [0.15, 0.2) is 5.78 Å². The lowest BCUT2D eigenvalue weighted by molar-refractivity contribution is -0.122. The van der Waals surface area contributed by atoms with Crippen molar-refractivity contribution in [1.29, 1.82) is 0 Å². The van der Waals surface area contributed by atoms with E-state index in [0.717, 1.165) is 6.42 Å². The van der Waals surface area contributed by atoms with E-state index in [2.05, 4.69) is 4.98 Å². The van der Waals surface area contributed by atoms with Gasteiger partial charge in [-0.1, -0.05) is 26.3 Å². The normalized spacial score (nSPS) is 16.5. The quantitative estimate of drug-likeness (QED) is 0.777. The van der Waals surface area contributed by atoms with Gasteiger partial charge in [0.2, 0.25) is 0 Å². The van der Waals surface area contributed by atoms with Gasteiger partial charge < -0.3 is 11.5 Å². The summed E-state index contributed by atoms with van der Waals surface area (Å²) in [5.74, 6) is -0.00434. The van der Waals surface area contributed by atoms with Gasteiger partial charge in [-0.25, -0.2) is 0 Å². The second-order valence-corrected chi connectivity index (χ2v) is 4.05. The summed E-state index contributed by atoms with van der Waals surface area (Å²) in [5.41, 5.74) is 12.3. The van der Waals surface area contributed by atoms with Gasteiger partial charge in [0, 0.05) is 6.20 Å². The van der Waals surface area contributed by atoms with Crippen molar-refractivity contribution in [2.75, 3.05) is 0 Å². The van der Waals surface area contributed by atoms with Gasteiger partial charge >= 0.3 is 0 Å². The van der Waals surface area contributed by atoms with Crippen LogP contribution in [0.5, 0.6) is 0 Å². The second-order valence-electron chi connectivity index (χ2n) is 4.05. The summed E-state index contributed by atoms with van der Waals surface area (Å²) >= 11 is 0. The molecule has 0 fully saturated rings. The molecule has 0 saturated heterocycles. The Labute approximate surface area is 96.0 Å². The summed E-state index contributed by atoms with van der Waals surface area (Å²) in [6, 6.07) is 4.11. The van der Waals surface area contributed by atoms with Gasteiger partial charge in [-0.3, -0.25) is 9.78 Å². The number of carbonyl (C=O) groups excluding carboxylic acids is 1. The molecule has 4 N–H and O–H groups in total. The molecule has 1 heterocycles. The van der Waals surface area contributed by atoms with E-state index >= 15 is 0 Å². The maximum atomic E-state index is 12.0. The third kappa shape index (κ3) is 2.87. The van der Waals surface area contributed by atoms with Crippen molar-refractivity contribution in [2.24, 2.45) is 17.4 Å². The molecular formula is C12H19N3O. The molecule has 0 aliphatic rings. The average molecular weight is 221 g/mol. The molecule has 3 atom stereocenters. The van der Waals surface area contributed by atoms with E-state index < -0.39 is 12.1 Å². The molecule has 0 aliphatic carbocycles. The van der Waals surface area contributed by atoms with Crippen LogP contribution in [0.4, 0.5) is 0 Å². The standard InChI is InChI=1S/C12H19N3O/c1-3-8(2)10(13)12(16)11(14)9-6-4-5-7-15-9/h4-8,10-11H,3,13-14H2,1-2H3/t8?,10-,11?/m0/s1. The maximum absolute atomic E-state index is 12.0. The van der Waals surface area contributed by atoms with Crippen molar-refractivity contribution in [1.82, 2.24) is 4.98 Å².